The molecule has 2 aromatic carbocycles. The fourth-order valence-electron chi connectivity index (χ4n) is 3.59. The molecular weight excluding hydrogens is 392 g/mol. The zero-order valence-corrected chi connectivity index (χ0v) is 17.3. The van der Waals surface area contributed by atoms with Crippen LogP contribution in [0.15, 0.2) is 89.6 Å². The van der Waals surface area contributed by atoms with Crippen molar-refractivity contribution in [2.75, 3.05) is 12.1 Å². The van der Waals surface area contributed by atoms with Crippen molar-refractivity contribution in [3.05, 3.63) is 95.6 Å². The van der Waals surface area contributed by atoms with Gasteiger partial charge in [0.05, 0.1) is 24.6 Å². The zero-order valence-electron chi connectivity index (χ0n) is 16.5. The van der Waals surface area contributed by atoms with Crippen LogP contribution in [0.5, 0.6) is 5.75 Å². The Balaban J connectivity index is 1.52. The minimum Gasteiger partial charge on any atom is -0.497 e. The molecule has 1 aliphatic rings. The van der Waals surface area contributed by atoms with Gasteiger partial charge < -0.3 is 4.74 Å². The molecular formula is C24H20N4OS. The second-order valence-electron chi connectivity index (χ2n) is 7.01. The Morgan fingerprint density at radius 1 is 0.967 bits per heavy atom. The first kappa shape index (κ1) is 18.5. The van der Waals surface area contributed by atoms with Gasteiger partial charge in [0.25, 0.3) is 0 Å². The van der Waals surface area contributed by atoms with Crippen molar-refractivity contribution >= 4 is 22.2 Å². The van der Waals surface area contributed by atoms with Crippen molar-refractivity contribution in [1.29, 1.82) is 0 Å². The largest absolute Gasteiger partial charge is 0.497 e. The van der Waals surface area contributed by atoms with Crippen LogP contribution in [0, 0.1) is 0 Å². The predicted molar refractivity (Wildman–Crippen MR) is 121 cm³/mol. The van der Waals surface area contributed by atoms with Crippen molar-refractivity contribution in [3.8, 4) is 17.0 Å². The van der Waals surface area contributed by atoms with E-state index < -0.39 is 0 Å². The molecule has 0 aliphatic carbocycles. The molecule has 6 heteroatoms. The number of hydrazone groups is 1. The van der Waals surface area contributed by atoms with Crippen LogP contribution in [0.4, 0.5) is 5.13 Å². The number of methoxy groups -OCH3 is 1. The summed E-state index contributed by atoms with van der Waals surface area (Å²) >= 11 is 1.61. The summed E-state index contributed by atoms with van der Waals surface area (Å²) in [4.78, 5) is 9.21. The fourth-order valence-corrected chi connectivity index (χ4v) is 4.42. The highest BCUT2D eigenvalue weighted by molar-refractivity contribution is 7.14. The smallest absolute Gasteiger partial charge is 0.207 e. The summed E-state index contributed by atoms with van der Waals surface area (Å²) in [5.74, 6) is 0.838. The summed E-state index contributed by atoms with van der Waals surface area (Å²) in [7, 11) is 1.68. The van der Waals surface area contributed by atoms with Gasteiger partial charge in [-0.25, -0.2) is 9.99 Å². The summed E-state index contributed by atoms with van der Waals surface area (Å²) in [5.41, 5.74) is 5.32. The van der Waals surface area contributed by atoms with Gasteiger partial charge in [0, 0.05) is 29.8 Å². The maximum atomic E-state index is 5.29. The van der Waals surface area contributed by atoms with Gasteiger partial charge in [-0.05, 0) is 41.5 Å². The number of aromatic nitrogens is 2. The van der Waals surface area contributed by atoms with Crippen LogP contribution in [0.3, 0.4) is 0 Å². The molecule has 0 amide bonds. The molecule has 5 nitrogen and oxygen atoms in total. The summed E-state index contributed by atoms with van der Waals surface area (Å²) in [6.07, 6.45) is 4.50. The van der Waals surface area contributed by atoms with Crippen LogP contribution in [-0.4, -0.2) is 22.8 Å². The van der Waals surface area contributed by atoms with Gasteiger partial charge in [-0.3, -0.25) is 4.98 Å². The Hall–Kier alpha value is -3.51. The number of hydrogen-bond donors (Lipinski definition) is 0. The summed E-state index contributed by atoms with van der Waals surface area (Å²) in [6.45, 7) is 0. The zero-order chi connectivity index (χ0) is 20.3. The third kappa shape index (κ3) is 3.57. The lowest BCUT2D eigenvalue weighted by Crippen LogP contribution is -2.18. The van der Waals surface area contributed by atoms with Gasteiger partial charge in [0.2, 0.25) is 5.13 Å². The van der Waals surface area contributed by atoms with Crippen LogP contribution in [0.1, 0.15) is 23.6 Å². The first-order valence-corrected chi connectivity index (χ1v) is 10.6. The molecule has 1 atom stereocenters. The molecule has 1 aliphatic heterocycles. The molecule has 1 unspecified atom stereocenters. The van der Waals surface area contributed by atoms with E-state index in [1.807, 2.05) is 47.6 Å². The van der Waals surface area contributed by atoms with E-state index >= 15 is 0 Å². The van der Waals surface area contributed by atoms with E-state index in [0.29, 0.717) is 0 Å². The van der Waals surface area contributed by atoms with E-state index in [0.717, 1.165) is 45.4 Å². The Labute approximate surface area is 179 Å². The minimum atomic E-state index is 0.0607. The van der Waals surface area contributed by atoms with Crippen molar-refractivity contribution in [3.63, 3.8) is 0 Å². The number of nitrogens with zero attached hydrogens (tertiary/aromatic N) is 4. The Morgan fingerprint density at radius 3 is 2.53 bits per heavy atom. The van der Waals surface area contributed by atoms with Crippen LogP contribution >= 0.6 is 11.3 Å². The highest BCUT2D eigenvalue weighted by Crippen LogP contribution is 2.39. The molecule has 148 valence electrons. The van der Waals surface area contributed by atoms with Crippen molar-refractivity contribution in [1.82, 2.24) is 9.97 Å². The topological polar surface area (TPSA) is 50.6 Å². The quantitative estimate of drug-likeness (QED) is 0.430. The number of hydrogen-bond acceptors (Lipinski definition) is 6. The lowest BCUT2D eigenvalue weighted by molar-refractivity contribution is 0.415. The molecule has 2 aromatic heterocycles. The highest BCUT2D eigenvalue weighted by atomic mass is 32.1. The van der Waals surface area contributed by atoms with Gasteiger partial charge in [0.1, 0.15) is 5.75 Å². The number of benzene rings is 2. The predicted octanol–water partition coefficient (Wildman–Crippen LogP) is 5.57. The van der Waals surface area contributed by atoms with E-state index in [9.17, 15) is 0 Å². The first-order valence-electron chi connectivity index (χ1n) is 9.74. The van der Waals surface area contributed by atoms with Gasteiger partial charge in [-0.1, -0.05) is 36.4 Å². The summed E-state index contributed by atoms with van der Waals surface area (Å²) < 4.78 is 5.29. The molecule has 4 aromatic rings. The molecule has 0 saturated carbocycles. The van der Waals surface area contributed by atoms with Crippen LogP contribution < -0.4 is 9.75 Å². The molecule has 0 fully saturated rings. The average molecular weight is 413 g/mol. The molecule has 0 bridgehead atoms. The molecule has 5 rings (SSSR count). The number of thiazole rings is 1. The fraction of sp³-hybridized carbons (Fsp3) is 0.125. The van der Waals surface area contributed by atoms with Crippen LogP contribution in [-0.2, 0) is 0 Å². The first-order chi connectivity index (χ1) is 14.8. The number of pyridine rings is 1. The average Bonchev–Trinajstić information content (AvgIpc) is 3.48. The molecule has 0 spiro atoms. The number of ether oxygens (including phenoxy) is 1. The Morgan fingerprint density at radius 2 is 1.80 bits per heavy atom. The molecule has 0 saturated heterocycles. The minimum absolute atomic E-state index is 0.0607. The van der Waals surface area contributed by atoms with Gasteiger partial charge in [0.15, 0.2) is 0 Å². The standard InChI is InChI=1S/C24H20N4OS/c1-29-20-11-9-18(10-12-20)21-14-23(19-8-5-13-25-15-19)28(27-21)24-26-22(16-30-24)17-6-3-2-4-7-17/h2-13,15-16,23H,14H2,1H3. The van der Waals surface area contributed by atoms with E-state index in [2.05, 4.69) is 40.7 Å². The Bertz CT molecular complexity index is 1160. The second kappa shape index (κ2) is 8.08. The van der Waals surface area contributed by atoms with Crippen molar-refractivity contribution in [2.45, 2.75) is 12.5 Å². The van der Waals surface area contributed by atoms with Crippen molar-refractivity contribution in [2.24, 2.45) is 5.10 Å². The van der Waals surface area contributed by atoms with Crippen LogP contribution in [0.2, 0.25) is 0 Å². The second-order valence-corrected chi connectivity index (χ2v) is 7.84. The summed E-state index contributed by atoms with van der Waals surface area (Å²) in [5, 5.41) is 9.98. The Kier molecular flexibility index (Phi) is 4.99. The molecule has 0 radical (unpaired) electrons. The monoisotopic (exact) mass is 412 g/mol. The SMILES string of the molecule is COc1ccc(C2=NN(c3nc(-c4ccccc4)cs3)C(c3cccnc3)C2)cc1. The number of anilines is 1. The lowest BCUT2D eigenvalue weighted by atomic mass is 10.00. The highest BCUT2D eigenvalue weighted by Gasteiger charge is 2.32. The van der Waals surface area contributed by atoms with Gasteiger partial charge in [-0.2, -0.15) is 5.10 Å². The normalized spacial score (nSPS) is 15.8. The van der Waals surface area contributed by atoms with Crippen molar-refractivity contribution < 1.29 is 4.74 Å². The third-order valence-corrected chi connectivity index (χ3v) is 5.99. The maximum absolute atomic E-state index is 5.29. The lowest BCUT2D eigenvalue weighted by Gasteiger charge is -2.20. The molecule has 3 heterocycles. The van der Waals surface area contributed by atoms with E-state index in [-0.39, 0.29) is 6.04 Å². The van der Waals surface area contributed by atoms with Crippen LogP contribution in [0.25, 0.3) is 11.3 Å². The molecule has 30 heavy (non-hydrogen) atoms. The number of rotatable bonds is 5. The third-order valence-electron chi connectivity index (χ3n) is 5.16. The summed E-state index contributed by atoms with van der Waals surface area (Å²) in [6, 6.07) is 22.4. The van der Waals surface area contributed by atoms with E-state index in [4.69, 9.17) is 14.8 Å². The van der Waals surface area contributed by atoms with E-state index in [1.54, 1.807) is 24.6 Å². The molecule has 0 N–H and O–H groups in total. The van der Waals surface area contributed by atoms with Gasteiger partial charge in [-0.15, -0.1) is 11.3 Å². The van der Waals surface area contributed by atoms with Gasteiger partial charge >= 0.3 is 0 Å². The van der Waals surface area contributed by atoms with E-state index in [1.165, 1.54) is 0 Å². The maximum Gasteiger partial charge on any atom is 0.207 e.